The molecule has 0 aliphatic carbocycles. The zero-order valence-corrected chi connectivity index (χ0v) is 10.5. The van der Waals surface area contributed by atoms with E-state index in [1.54, 1.807) is 31.2 Å². The SMILES string of the molecule is CCOC(=O)[C@H](CO)NC(=O)c1ccc(C)cc1. The van der Waals surface area contributed by atoms with Crippen molar-refractivity contribution in [2.45, 2.75) is 19.9 Å². The number of esters is 1. The number of carbonyl (C=O) groups is 2. The van der Waals surface area contributed by atoms with Gasteiger partial charge in [0.05, 0.1) is 13.2 Å². The molecule has 18 heavy (non-hydrogen) atoms. The maximum absolute atomic E-state index is 11.8. The molecule has 0 aliphatic rings. The molecule has 0 bridgehead atoms. The summed E-state index contributed by atoms with van der Waals surface area (Å²) in [5, 5.41) is 11.5. The maximum atomic E-state index is 11.8. The van der Waals surface area contributed by atoms with Gasteiger partial charge >= 0.3 is 5.97 Å². The smallest absolute Gasteiger partial charge is 0.331 e. The summed E-state index contributed by atoms with van der Waals surface area (Å²) in [4.78, 5) is 23.2. The molecule has 0 fully saturated rings. The lowest BCUT2D eigenvalue weighted by Crippen LogP contribution is -2.44. The van der Waals surface area contributed by atoms with Crippen LogP contribution in [0, 0.1) is 6.92 Å². The van der Waals surface area contributed by atoms with Crippen molar-refractivity contribution < 1.29 is 19.4 Å². The van der Waals surface area contributed by atoms with Crippen LogP contribution in [0.4, 0.5) is 0 Å². The van der Waals surface area contributed by atoms with Crippen molar-refractivity contribution in [1.29, 1.82) is 0 Å². The van der Waals surface area contributed by atoms with E-state index < -0.39 is 24.5 Å². The predicted molar refractivity (Wildman–Crippen MR) is 66.2 cm³/mol. The number of hydrogen-bond acceptors (Lipinski definition) is 4. The van der Waals surface area contributed by atoms with Crippen LogP contribution in [0.3, 0.4) is 0 Å². The Morgan fingerprint density at radius 1 is 1.33 bits per heavy atom. The number of benzene rings is 1. The van der Waals surface area contributed by atoms with Crippen LogP contribution in [0.25, 0.3) is 0 Å². The molecule has 5 nitrogen and oxygen atoms in total. The highest BCUT2D eigenvalue weighted by Gasteiger charge is 2.21. The van der Waals surface area contributed by atoms with E-state index in [0.717, 1.165) is 5.56 Å². The Bertz CT molecular complexity index is 414. The van der Waals surface area contributed by atoms with E-state index >= 15 is 0 Å². The number of ether oxygens (including phenoxy) is 1. The highest BCUT2D eigenvalue weighted by Crippen LogP contribution is 2.03. The molecule has 1 aromatic carbocycles. The first-order chi connectivity index (χ1) is 8.58. The van der Waals surface area contributed by atoms with Crippen molar-refractivity contribution in [3.8, 4) is 0 Å². The van der Waals surface area contributed by atoms with Gasteiger partial charge in [0.1, 0.15) is 0 Å². The second-order valence-electron chi connectivity index (χ2n) is 3.83. The molecule has 1 atom stereocenters. The maximum Gasteiger partial charge on any atom is 0.331 e. The minimum atomic E-state index is -1.03. The molecule has 1 amide bonds. The third kappa shape index (κ3) is 3.85. The summed E-state index contributed by atoms with van der Waals surface area (Å²) in [7, 11) is 0. The lowest BCUT2D eigenvalue weighted by molar-refractivity contribution is -0.146. The molecule has 0 spiro atoms. The van der Waals surface area contributed by atoms with Gasteiger partial charge in [-0.2, -0.15) is 0 Å². The van der Waals surface area contributed by atoms with Crippen LogP contribution in [0.5, 0.6) is 0 Å². The Kier molecular flexibility index (Phi) is 5.32. The molecule has 0 aromatic heterocycles. The first-order valence-electron chi connectivity index (χ1n) is 5.73. The van der Waals surface area contributed by atoms with Crippen molar-refractivity contribution in [2.24, 2.45) is 0 Å². The van der Waals surface area contributed by atoms with E-state index in [9.17, 15) is 9.59 Å². The standard InChI is InChI=1S/C13H17NO4/c1-3-18-13(17)11(8-15)14-12(16)10-6-4-9(2)5-7-10/h4-7,11,15H,3,8H2,1-2H3,(H,14,16)/t11-/m0/s1. The van der Waals surface area contributed by atoms with E-state index in [1.165, 1.54) is 0 Å². The fourth-order valence-corrected chi connectivity index (χ4v) is 1.37. The minimum Gasteiger partial charge on any atom is -0.464 e. The predicted octanol–water partition coefficient (Wildman–Crippen LogP) is 0.649. The zero-order chi connectivity index (χ0) is 13.5. The molecule has 0 saturated heterocycles. The van der Waals surface area contributed by atoms with E-state index in [-0.39, 0.29) is 6.61 Å². The highest BCUT2D eigenvalue weighted by atomic mass is 16.5. The number of aliphatic hydroxyl groups is 1. The lowest BCUT2D eigenvalue weighted by Gasteiger charge is -2.14. The monoisotopic (exact) mass is 251 g/mol. The summed E-state index contributed by atoms with van der Waals surface area (Å²) in [5.74, 6) is -1.05. The van der Waals surface area contributed by atoms with Crippen LogP contribution in [-0.2, 0) is 9.53 Å². The third-order valence-corrected chi connectivity index (χ3v) is 2.37. The molecule has 98 valence electrons. The van der Waals surface area contributed by atoms with Crippen LogP contribution < -0.4 is 5.32 Å². The summed E-state index contributed by atoms with van der Waals surface area (Å²) in [6.07, 6.45) is 0. The first-order valence-corrected chi connectivity index (χ1v) is 5.73. The van der Waals surface area contributed by atoms with Crippen LogP contribution in [0.15, 0.2) is 24.3 Å². The fraction of sp³-hybridized carbons (Fsp3) is 0.385. The first kappa shape index (κ1) is 14.2. The number of aliphatic hydroxyl groups excluding tert-OH is 1. The Morgan fingerprint density at radius 2 is 1.94 bits per heavy atom. The van der Waals surface area contributed by atoms with E-state index in [1.807, 2.05) is 6.92 Å². The average Bonchev–Trinajstić information content (AvgIpc) is 2.36. The Balaban J connectivity index is 2.67. The summed E-state index contributed by atoms with van der Waals surface area (Å²) in [6, 6.07) is 5.88. The summed E-state index contributed by atoms with van der Waals surface area (Å²) < 4.78 is 4.74. The van der Waals surface area contributed by atoms with Gasteiger partial charge in [0, 0.05) is 5.56 Å². The van der Waals surface area contributed by atoms with E-state index in [0.29, 0.717) is 5.56 Å². The number of aryl methyl sites for hydroxylation is 1. The normalized spacial score (nSPS) is 11.7. The van der Waals surface area contributed by atoms with Gasteiger partial charge in [-0.05, 0) is 26.0 Å². The van der Waals surface area contributed by atoms with Gasteiger partial charge in [0.25, 0.3) is 5.91 Å². The van der Waals surface area contributed by atoms with Crippen molar-refractivity contribution in [3.63, 3.8) is 0 Å². The molecule has 0 saturated carbocycles. The van der Waals surface area contributed by atoms with Crippen molar-refractivity contribution in [1.82, 2.24) is 5.32 Å². The summed E-state index contributed by atoms with van der Waals surface area (Å²) >= 11 is 0. The summed E-state index contributed by atoms with van der Waals surface area (Å²) in [6.45, 7) is 3.29. The van der Waals surface area contributed by atoms with E-state index in [4.69, 9.17) is 9.84 Å². The zero-order valence-electron chi connectivity index (χ0n) is 10.5. The van der Waals surface area contributed by atoms with Gasteiger partial charge in [-0.1, -0.05) is 17.7 Å². The molecule has 0 heterocycles. The molecule has 1 aromatic rings. The van der Waals surface area contributed by atoms with Crippen molar-refractivity contribution in [2.75, 3.05) is 13.2 Å². The average molecular weight is 251 g/mol. The van der Waals surface area contributed by atoms with Gasteiger partial charge in [0.2, 0.25) is 0 Å². The van der Waals surface area contributed by atoms with Gasteiger partial charge in [-0.15, -0.1) is 0 Å². The van der Waals surface area contributed by atoms with Gasteiger partial charge < -0.3 is 15.2 Å². The highest BCUT2D eigenvalue weighted by molar-refractivity contribution is 5.96. The number of carbonyl (C=O) groups excluding carboxylic acids is 2. The van der Waals surface area contributed by atoms with Crippen LogP contribution in [-0.4, -0.2) is 36.2 Å². The van der Waals surface area contributed by atoms with Crippen LogP contribution in [0.1, 0.15) is 22.8 Å². The molecule has 1 rings (SSSR count). The van der Waals surface area contributed by atoms with Gasteiger partial charge in [-0.3, -0.25) is 4.79 Å². The molecule has 5 heteroatoms. The largest absolute Gasteiger partial charge is 0.464 e. The van der Waals surface area contributed by atoms with Gasteiger partial charge in [0.15, 0.2) is 6.04 Å². The Labute approximate surface area is 106 Å². The Hall–Kier alpha value is -1.88. The molecular weight excluding hydrogens is 234 g/mol. The van der Waals surface area contributed by atoms with Crippen molar-refractivity contribution >= 4 is 11.9 Å². The molecule has 0 radical (unpaired) electrons. The molecular formula is C13H17NO4. The quantitative estimate of drug-likeness (QED) is 0.753. The number of amides is 1. The second-order valence-corrected chi connectivity index (χ2v) is 3.83. The van der Waals surface area contributed by atoms with Crippen LogP contribution in [0.2, 0.25) is 0 Å². The molecule has 0 unspecified atom stereocenters. The topological polar surface area (TPSA) is 75.6 Å². The van der Waals surface area contributed by atoms with Crippen molar-refractivity contribution in [3.05, 3.63) is 35.4 Å². The van der Waals surface area contributed by atoms with Gasteiger partial charge in [-0.25, -0.2) is 4.79 Å². The number of nitrogens with one attached hydrogen (secondary N) is 1. The molecule has 2 N–H and O–H groups in total. The van der Waals surface area contributed by atoms with E-state index in [2.05, 4.69) is 5.32 Å². The lowest BCUT2D eigenvalue weighted by atomic mass is 10.1. The molecule has 0 aliphatic heterocycles. The second kappa shape index (κ2) is 6.76. The number of rotatable bonds is 5. The minimum absolute atomic E-state index is 0.204. The van der Waals surface area contributed by atoms with Crippen LogP contribution >= 0.6 is 0 Å². The Morgan fingerprint density at radius 3 is 2.44 bits per heavy atom. The summed E-state index contributed by atoms with van der Waals surface area (Å²) in [5.41, 5.74) is 1.47. The third-order valence-electron chi connectivity index (χ3n) is 2.37. The fourth-order valence-electron chi connectivity index (χ4n) is 1.37. The number of hydrogen-bond donors (Lipinski definition) is 2.